The summed E-state index contributed by atoms with van der Waals surface area (Å²) >= 11 is 0. The van der Waals surface area contributed by atoms with E-state index in [1.165, 1.54) is 5.56 Å². The van der Waals surface area contributed by atoms with Gasteiger partial charge in [-0.2, -0.15) is 0 Å². The Balaban J connectivity index is 2.63. The number of aryl methyl sites for hydroxylation is 2. The summed E-state index contributed by atoms with van der Waals surface area (Å²) in [6.45, 7) is 10.6. The third kappa shape index (κ3) is 3.59. The first-order chi connectivity index (χ1) is 7.15. The molecule has 1 unspecified atom stereocenters. The maximum Gasteiger partial charge on any atom is 0.115 e. The molecule has 84 valence electrons. The quantitative estimate of drug-likeness (QED) is 0.801. The van der Waals surface area contributed by atoms with E-state index in [1.54, 1.807) is 6.33 Å². The van der Waals surface area contributed by atoms with Crippen molar-refractivity contribution >= 4 is 0 Å². The monoisotopic (exact) mass is 207 g/mol. The highest BCUT2D eigenvalue weighted by Crippen LogP contribution is 2.13. The zero-order valence-electron chi connectivity index (χ0n) is 10.2. The minimum absolute atomic E-state index is 0.633. The molecule has 0 aromatic carbocycles. The number of nitrogens with one attached hydrogen (secondary N) is 1. The molecular formula is C12H21N3. The molecule has 0 aliphatic carbocycles. The van der Waals surface area contributed by atoms with Gasteiger partial charge in [-0.3, -0.25) is 0 Å². The Morgan fingerprint density at radius 1 is 1.27 bits per heavy atom. The molecule has 1 atom stereocenters. The molecule has 0 bridgehead atoms. The van der Waals surface area contributed by atoms with Crippen molar-refractivity contribution in [2.75, 3.05) is 13.1 Å². The first-order valence-corrected chi connectivity index (χ1v) is 5.63. The van der Waals surface area contributed by atoms with Crippen LogP contribution in [0.4, 0.5) is 0 Å². The van der Waals surface area contributed by atoms with Gasteiger partial charge in [0.05, 0.1) is 0 Å². The topological polar surface area (TPSA) is 37.8 Å². The summed E-state index contributed by atoms with van der Waals surface area (Å²) in [5.74, 6) is 0.633. The Bertz CT molecular complexity index is 289. The van der Waals surface area contributed by atoms with Gasteiger partial charge in [0.15, 0.2) is 0 Å². The zero-order chi connectivity index (χ0) is 11.3. The molecule has 0 aliphatic heterocycles. The minimum atomic E-state index is 0.633. The molecule has 3 nitrogen and oxygen atoms in total. The van der Waals surface area contributed by atoms with Crippen molar-refractivity contribution in [1.82, 2.24) is 15.3 Å². The van der Waals surface area contributed by atoms with Gasteiger partial charge in [-0.1, -0.05) is 13.8 Å². The van der Waals surface area contributed by atoms with Crippen LogP contribution in [0.25, 0.3) is 0 Å². The maximum absolute atomic E-state index is 4.24. The number of aromatic nitrogens is 2. The highest BCUT2D eigenvalue weighted by atomic mass is 14.9. The van der Waals surface area contributed by atoms with Crippen LogP contribution in [-0.2, 0) is 6.42 Å². The standard InChI is InChI=1S/C12H21N3/c1-5-13-7-9(2)6-12-10(3)14-8-15-11(12)4/h8-9,13H,5-7H2,1-4H3. The third-order valence-corrected chi connectivity index (χ3v) is 2.67. The van der Waals surface area contributed by atoms with Crippen LogP contribution in [0.2, 0.25) is 0 Å². The minimum Gasteiger partial charge on any atom is -0.317 e. The predicted molar refractivity (Wildman–Crippen MR) is 62.9 cm³/mol. The molecule has 0 amide bonds. The Hall–Kier alpha value is -0.960. The summed E-state index contributed by atoms with van der Waals surface area (Å²) in [5.41, 5.74) is 3.54. The van der Waals surface area contributed by atoms with Crippen molar-refractivity contribution in [2.24, 2.45) is 5.92 Å². The molecule has 1 rings (SSSR count). The zero-order valence-corrected chi connectivity index (χ0v) is 10.2. The van der Waals surface area contributed by atoms with Gasteiger partial charge in [0, 0.05) is 11.4 Å². The lowest BCUT2D eigenvalue weighted by molar-refractivity contribution is 0.517. The van der Waals surface area contributed by atoms with E-state index in [0.717, 1.165) is 30.9 Å². The number of hydrogen-bond acceptors (Lipinski definition) is 3. The van der Waals surface area contributed by atoms with E-state index < -0.39 is 0 Å². The summed E-state index contributed by atoms with van der Waals surface area (Å²) in [7, 11) is 0. The van der Waals surface area contributed by atoms with Crippen LogP contribution >= 0.6 is 0 Å². The summed E-state index contributed by atoms with van der Waals surface area (Å²) in [4.78, 5) is 8.48. The molecule has 1 aromatic heterocycles. The van der Waals surface area contributed by atoms with Gasteiger partial charge in [0.25, 0.3) is 0 Å². The van der Waals surface area contributed by atoms with E-state index in [-0.39, 0.29) is 0 Å². The molecule has 1 heterocycles. The molecule has 0 radical (unpaired) electrons. The summed E-state index contributed by atoms with van der Waals surface area (Å²) < 4.78 is 0. The van der Waals surface area contributed by atoms with E-state index in [4.69, 9.17) is 0 Å². The molecule has 1 aromatic rings. The first-order valence-electron chi connectivity index (χ1n) is 5.63. The Kier molecular flexibility index (Phi) is 4.69. The number of nitrogens with zero attached hydrogens (tertiary/aromatic N) is 2. The lowest BCUT2D eigenvalue weighted by Gasteiger charge is -2.14. The predicted octanol–water partition coefficient (Wildman–Crippen LogP) is 1.88. The second-order valence-corrected chi connectivity index (χ2v) is 4.14. The van der Waals surface area contributed by atoms with Crippen molar-refractivity contribution in [2.45, 2.75) is 34.1 Å². The maximum atomic E-state index is 4.24. The van der Waals surface area contributed by atoms with Gasteiger partial charge in [0.2, 0.25) is 0 Å². The van der Waals surface area contributed by atoms with Gasteiger partial charge < -0.3 is 5.32 Å². The fraction of sp³-hybridized carbons (Fsp3) is 0.667. The molecule has 1 N–H and O–H groups in total. The first kappa shape index (κ1) is 12.1. The molecule has 3 heteroatoms. The molecule has 0 saturated carbocycles. The second kappa shape index (κ2) is 5.81. The van der Waals surface area contributed by atoms with Crippen molar-refractivity contribution < 1.29 is 0 Å². The molecule has 0 spiro atoms. The van der Waals surface area contributed by atoms with Crippen LogP contribution in [0.1, 0.15) is 30.8 Å². The average Bonchev–Trinajstić information content (AvgIpc) is 2.21. The summed E-state index contributed by atoms with van der Waals surface area (Å²) in [5, 5.41) is 3.37. The molecule has 0 aliphatic rings. The molecule has 0 fully saturated rings. The van der Waals surface area contributed by atoms with E-state index >= 15 is 0 Å². The van der Waals surface area contributed by atoms with E-state index in [1.807, 2.05) is 0 Å². The van der Waals surface area contributed by atoms with Crippen LogP contribution in [0.15, 0.2) is 6.33 Å². The van der Waals surface area contributed by atoms with Crippen molar-refractivity contribution in [3.05, 3.63) is 23.3 Å². The lowest BCUT2D eigenvalue weighted by atomic mass is 9.99. The highest BCUT2D eigenvalue weighted by molar-refractivity contribution is 5.22. The fourth-order valence-electron chi connectivity index (χ4n) is 1.73. The molecule has 0 saturated heterocycles. The Morgan fingerprint density at radius 3 is 2.40 bits per heavy atom. The number of rotatable bonds is 5. The van der Waals surface area contributed by atoms with E-state index in [9.17, 15) is 0 Å². The summed E-state index contributed by atoms with van der Waals surface area (Å²) in [6, 6.07) is 0. The van der Waals surface area contributed by atoms with Crippen LogP contribution < -0.4 is 5.32 Å². The van der Waals surface area contributed by atoms with Crippen molar-refractivity contribution in [3.8, 4) is 0 Å². The average molecular weight is 207 g/mol. The smallest absolute Gasteiger partial charge is 0.115 e. The van der Waals surface area contributed by atoms with Gasteiger partial charge in [-0.15, -0.1) is 0 Å². The third-order valence-electron chi connectivity index (χ3n) is 2.67. The van der Waals surface area contributed by atoms with Crippen molar-refractivity contribution in [3.63, 3.8) is 0 Å². The van der Waals surface area contributed by atoms with E-state index in [0.29, 0.717) is 5.92 Å². The van der Waals surface area contributed by atoms with Gasteiger partial charge in [0.1, 0.15) is 6.33 Å². The SMILES string of the molecule is CCNCC(C)Cc1c(C)ncnc1C. The fourth-order valence-corrected chi connectivity index (χ4v) is 1.73. The van der Waals surface area contributed by atoms with Crippen LogP contribution in [0.3, 0.4) is 0 Å². The molecular weight excluding hydrogens is 186 g/mol. The Morgan fingerprint density at radius 2 is 1.87 bits per heavy atom. The highest BCUT2D eigenvalue weighted by Gasteiger charge is 2.09. The largest absolute Gasteiger partial charge is 0.317 e. The Labute approximate surface area is 92.3 Å². The van der Waals surface area contributed by atoms with E-state index in [2.05, 4.69) is 43.0 Å². The second-order valence-electron chi connectivity index (χ2n) is 4.14. The van der Waals surface area contributed by atoms with Gasteiger partial charge >= 0.3 is 0 Å². The van der Waals surface area contributed by atoms with Gasteiger partial charge in [-0.05, 0) is 44.8 Å². The normalized spacial score (nSPS) is 12.8. The van der Waals surface area contributed by atoms with Crippen LogP contribution in [0, 0.1) is 19.8 Å². The summed E-state index contributed by atoms with van der Waals surface area (Å²) in [6.07, 6.45) is 2.70. The van der Waals surface area contributed by atoms with Crippen LogP contribution in [-0.4, -0.2) is 23.1 Å². The van der Waals surface area contributed by atoms with Crippen molar-refractivity contribution in [1.29, 1.82) is 0 Å². The molecule has 15 heavy (non-hydrogen) atoms. The van der Waals surface area contributed by atoms with Gasteiger partial charge in [-0.25, -0.2) is 9.97 Å². The number of hydrogen-bond donors (Lipinski definition) is 1. The van der Waals surface area contributed by atoms with Crippen LogP contribution in [0.5, 0.6) is 0 Å². The lowest BCUT2D eigenvalue weighted by Crippen LogP contribution is -2.22.